The van der Waals surface area contributed by atoms with Crippen LogP contribution in [0.5, 0.6) is 11.5 Å². The van der Waals surface area contributed by atoms with Crippen LogP contribution in [0.4, 0.5) is 5.69 Å². The molecule has 1 fully saturated rings. The largest absolute Gasteiger partial charge is 0.493 e. The molecule has 2 aromatic carbocycles. The first kappa shape index (κ1) is 23.6. The zero-order chi connectivity index (χ0) is 24.0. The second kappa shape index (κ2) is 10.5. The second-order valence-corrected chi connectivity index (χ2v) is 7.44. The molecule has 0 aromatic heterocycles. The van der Waals surface area contributed by atoms with Crippen molar-refractivity contribution in [1.82, 2.24) is 10.4 Å². The van der Waals surface area contributed by atoms with Crippen LogP contribution in [0.1, 0.15) is 22.3 Å². The van der Waals surface area contributed by atoms with Gasteiger partial charge in [-0.05, 0) is 42.8 Å². The van der Waals surface area contributed by atoms with E-state index in [1.165, 1.54) is 26.4 Å². The van der Waals surface area contributed by atoms with E-state index in [1.807, 2.05) is 13.0 Å². The predicted octanol–water partition coefficient (Wildman–Crippen LogP) is 1.69. The van der Waals surface area contributed by atoms with E-state index in [2.05, 4.69) is 10.7 Å². The van der Waals surface area contributed by atoms with Crippen molar-refractivity contribution in [1.29, 1.82) is 0 Å². The zero-order valence-electron chi connectivity index (χ0n) is 18.5. The topological polar surface area (TPSA) is 123 Å². The summed E-state index contributed by atoms with van der Waals surface area (Å²) in [6, 6.07) is 11.8. The third-order valence-corrected chi connectivity index (χ3v) is 4.99. The summed E-state index contributed by atoms with van der Waals surface area (Å²) in [7, 11) is 2.92. The number of aryl methyl sites for hydroxylation is 1. The SMILES string of the molecule is COc1ccc(C(=O)NN2C[C@@H](C(=O)OCC(=O)Nc3cccc(C)c3)CC2=O)cc1OC. The average molecular weight is 455 g/mol. The number of hydrazine groups is 1. The van der Waals surface area contributed by atoms with Crippen molar-refractivity contribution in [3.63, 3.8) is 0 Å². The predicted molar refractivity (Wildman–Crippen MR) is 118 cm³/mol. The molecular weight excluding hydrogens is 430 g/mol. The number of nitrogens with one attached hydrogen (secondary N) is 2. The summed E-state index contributed by atoms with van der Waals surface area (Å²) < 4.78 is 15.4. The summed E-state index contributed by atoms with van der Waals surface area (Å²) in [6.07, 6.45) is -0.134. The van der Waals surface area contributed by atoms with Crippen LogP contribution in [-0.2, 0) is 19.1 Å². The first-order valence-corrected chi connectivity index (χ1v) is 10.2. The van der Waals surface area contributed by atoms with Gasteiger partial charge in [0.1, 0.15) is 0 Å². The maximum Gasteiger partial charge on any atom is 0.311 e. The normalized spacial score (nSPS) is 15.1. The maximum absolute atomic E-state index is 12.5. The van der Waals surface area contributed by atoms with Crippen molar-refractivity contribution in [2.75, 3.05) is 32.7 Å². The van der Waals surface area contributed by atoms with E-state index >= 15 is 0 Å². The van der Waals surface area contributed by atoms with Crippen LogP contribution in [0.15, 0.2) is 42.5 Å². The molecule has 174 valence electrons. The minimum atomic E-state index is -0.796. The molecule has 0 radical (unpaired) electrons. The minimum Gasteiger partial charge on any atom is -0.493 e. The first-order chi connectivity index (χ1) is 15.8. The van der Waals surface area contributed by atoms with Crippen LogP contribution in [0.2, 0.25) is 0 Å². The standard InChI is InChI=1S/C23H25N3O7/c1-14-5-4-6-17(9-14)24-20(27)13-33-23(30)16-11-21(28)26(12-16)25-22(29)15-7-8-18(31-2)19(10-15)32-3/h4-10,16H,11-13H2,1-3H3,(H,24,27)(H,25,29)/t16-/m0/s1. The Kier molecular flexibility index (Phi) is 7.50. The molecule has 0 saturated carbocycles. The van der Waals surface area contributed by atoms with Crippen LogP contribution in [0.3, 0.4) is 0 Å². The molecule has 10 heteroatoms. The molecule has 0 bridgehead atoms. The number of esters is 1. The van der Waals surface area contributed by atoms with Crippen LogP contribution in [-0.4, -0.2) is 56.1 Å². The number of benzene rings is 2. The molecule has 1 saturated heterocycles. The summed E-state index contributed by atoms with van der Waals surface area (Å²) in [5, 5.41) is 3.71. The first-order valence-electron chi connectivity index (χ1n) is 10.2. The lowest BCUT2D eigenvalue weighted by Gasteiger charge is -2.18. The fourth-order valence-electron chi connectivity index (χ4n) is 3.31. The summed E-state index contributed by atoms with van der Waals surface area (Å²) in [5.74, 6) is -2.13. The van der Waals surface area contributed by atoms with Gasteiger partial charge >= 0.3 is 5.97 Å². The maximum atomic E-state index is 12.5. The number of carbonyl (C=O) groups is 4. The van der Waals surface area contributed by atoms with Crippen molar-refractivity contribution in [3.8, 4) is 11.5 Å². The summed E-state index contributed by atoms with van der Waals surface area (Å²) in [4.78, 5) is 49.2. The third-order valence-electron chi connectivity index (χ3n) is 4.99. The molecule has 0 unspecified atom stereocenters. The lowest BCUT2D eigenvalue weighted by Crippen LogP contribution is -2.43. The van der Waals surface area contributed by atoms with Crippen molar-refractivity contribution < 1.29 is 33.4 Å². The summed E-state index contributed by atoms with van der Waals surface area (Å²) in [6.45, 7) is 1.36. The van der Waals surface area contributed by atoms with Gasteiger partial charge in [0.2, 0.25) is 5.91 Å². The van der Waals surface area contributed by atoms with Gasteiger partial charge in [0, 0.05) is 17.7 Å². The van der Waals surface area contributed by atoms with Crippen LogP contribution >= 0.6 is 0 Å². The second-order valence-electron chi connectivity index (χ2n) is 7.44. The Balaban J connectivity index is 1.51. The molecular formula is C23H25N3O7. The number of rotatable bonds is 8. The molecule has 2 N–H and O–H groups in total. The van der Waals surface area contributed by atoms with Gasteiger partial charge < -0.3 is 19.5 Å². The number of anilines is 1. The van der Waals surface area contributed by atoms with Crippen LogP contribution in [0.25, 0.3) is 0 Å². The highest BCUT2D eigenvalue weighted by Gasteiger charge is 2.36. The van der Waals surface area contributed by atoms with Crippen molar-refractivity contribution in [3.05, 3.63) is 53.6 Å². The van der Waals surface area contributed by atoms with Gasteiger partial charge in [-0.25, -0.2) is 0 Å². The van der Waals surface area contributed by atoms with Gasteiger partial charge in [-0.3, -0.25) is 29.6 Å². The molecule has 1 heterocycles. The quantitative estimate of drug-likeness (QED) is 0.581. The lowest BCUT2D eigenvalue weighted by molar-refractivity contribution is -0.151. The van der Waals surface area contributed by atoms with E-state index < -0.39 is 36.2 Å². The van der Waals surface area contributed by atoms with Crippen molar-refractivity contribution in [2.45, 2.75) is 13.3 Å². The number of methoxy groups -OCH3 is 2. The molecule has 0 aliphatic carbocycles. The van der Waals surface area contributed by atoms with Crippen LogP contribution < -0.4 is 20.2 Å². The van der Waals surface area contributed by atoms with Crippen molar-refractivity contribution in [2.24, 2.45) is 5.92 Å². The number of amides is 3. The van der Waals surface area contributed by atoms with E-state index in [1.54, 1.807) is 24.3 Å². The Hall–Kier alpha value is -4.08. The van der Waals surface area contributed by atoms with Gasteiger partial charge in [-0.1, -0.05) is 12.1 Å². The monoisotopic (exact) mass is 455 g/mol. The molecule has 33 heavy (non-hydrogen) atoms. The number of nitrogens with zero attached hydrogens (tertiary/aromatic N) is 1. The van der Waals surface area contributed by atoms with Gasteiger partial charge in [0.05, 0.1) is 26.7 Å². The van der Waals surface area contributed by atoms with Gasteiger partial charge in [-0.15, -0.1) is 0 Å². The fourth-order valence-corrected chi connectivity index (χ4v) is 3.31. The number of ether oxygens (including phenoxy) is 3. The fraction of sp³-hybridized carbons (Fsp3) is 0.304. The third kappa shape index (κ3) is 6.00. The highest BCUT2D eigenvalue weighted by atomic mass is 16.5. The Bertz CT molecular complexity index is 1070. The molecule has 3 rings (SSSR count). The molecule has 0 spiro atoms. The molecule has 1 aliphatic heterocycles. The average Bonchev–Trinajstić information content (AvgIpc) is 3.17. The Labute approximate surface area is 190 Å². The number of carbonyl (C=O) groups excluding carboxylic acids is 4. The Morgan fingerprint density at radius 2 is 1.82 bits per heavy atom. The molecule has 3 amide bonds. The molecule has 1 atom stereocenters. The van der Waals surface area contributed by atoms with Gasteiger partial charge in [0.15, 0.2) is 18.1 Å². The van der Waals surface area contributed by atoms with Gasteiger partial charge in [-0.2, -0.15) is 0 Å². The molecule has 1 aliphatic rings. The molecule has 10 nitrogen and oxygen atoms in total. The van der Waals surface area contributed by atoms with E-state index in [4.69, 9.17) is 14.2 Å². The van der Waals surface area contributed by atoms with E-state index in [0.717, 1.165) is 10.6 Å². The smallest absolute Gasteiger partial charge is 0.311 e. The number of hydrogen-bond acceptors (Lipinski definition) is 7. The lowest BCUT2D eigenvalue weighted by atomic mass is 10.1. The number of hydrogen-bond donors (Lipinski definition) is 2. The van der Waals surface area contributed by atoms with Crippen LogP contribution in [0, 0.1) is 12.8 Å². The zero-order valence-corrected chi connectivity index (χ0v) is 18.5. The molecule has 2 aromatic rings. The van der Waals surface area contributed by atoms with E-state index in [-0.39, 0.29) is 18.5 Å². The van der Waals surface area contributed by atoms with E-state index in [0.29, 0.717) is 17.2 Å². The summed E-state index contributed by atoms with van der Waals surface area (Å²) >= 11 is 0. The highest BCUT2D eigenvalue weighted by molar-refractivity contribution is 5.97. The van der Waals surface area contributed by atoms with E-state index in [9.17, 15) is 19.2 Å². The summed E-state index contributed by atoms with van der Waals surface area (Å²) in [5.41, 5.74) is 4.30. The van der Waals surface area contributed by atoms with Gasteiger partial charge in [0.25, 0.3) is 11.8 Å². The Morgan fingerprint density at radius 1 is 1.06 bits per heavy atom. The van der Waals surface area contributed by atoms with Crippen molar-refractivity contribution >= 4 is 29.4 Å². The Morgan fingerprint density at radius 3 is 2.52 bits per heavy atom. The minimum absolute atomic E-state index is 0.0593. The highest BCUT2D eigenvalue weighted by Crippen LogP contribution is 2.27.